The van der Waals surface area contributed by atoms with Gasteiger partial charge in [-0.3, -0.25) is 10.1 Å². The predicted octanol–water partition coefficient (Wildman–Crippen LogP) is 3.04. The van der Waals surface area contributed by atoms with Crippen LogP contribution in [-0.4, -0.2) is 30.6 Å². The normalized spacial score (nSPS) is 22.4. The minimum atomic E-state index is -4.75. The summed E-state index contributed by atoms with van der Waals surface area (Å²) in [5.74, 6) is -2.99. The van der Waals surface area contributed by atoms with Gasteiger partial charge in [0.05, 0.1) is 4.92 Å². The summed E-state index contributed by atoms with van der Waals surface area (Å²) in [5.41, 5.74) is -4.24. The number of rotatable bonds is 5. The van der Waals surface area contributed by atoms with Crippen LogP contribution in [0.15, 0.2) is 47.4 Å². The summed E-state index contributed by atoms with van der Waals surface area (Å²) >= 11 is 0. The lowest BCUT2D eigenvalue weighted by Gasteiger charge is -2.18. The summed E-state index contributed by atoms with van der Waals surface area (Å²) in [4.78, 5) is 9.27. The first-order chi connectivity index (χ1) is 12.1. The maximum atomic E-state index is 14.0. The van der Waals surface area contributed by atoms with E-state index < -0.39 is 61.2 Å². The molecular formula is C15H10F4N2O4S. The first-order valence-electron chi connectivity index (χ1n) is 7.13. The Morgan fingerprint density at radius 1 is 1.12 bits per heavy atom. The highest BCUT2D eigenvalue weighted by atomic mass is 32.2. The van der Waals surface area contributed by atoms with Crippen molar-refractivity contribution in [3.05, 3.63) is 69.8 Å². The van der Waals surface area contributed by atoms with Crippen molar-refractivity contribution in [1.29, 1.82) is 0 Å². The predicted molar refractivity (Wildman–Crippen MR) is 81.0 cm³/mol. The number of nitro benzene ring substituents is 1. The van der Waals surface area contributed by atoms with Gasteiger partial charge < -0.3 is 0 Å². The molecule has 1 fully saturated rings. The second-order valence-electron chi connectivity index (χ2n) is 5.56. The van der Waals surface area contributed by atoms with Gasteiger partial charge in [-0.15, -0.1) is 0 Å². The summed E-state index contributed by atoms with van der Waals surface area (Å²) in [6, 6.07) is 6.75. The van der Waals surface area contributed by atoms with Gasteiger partial charge in [0.2, 0.25) is 0 Å². The van der Waals surface area contributed by atoms with Gasteiger partial charge in [0.1, 0.15) is 5.54 Å². The Morgan fingerprint density at radius 3 is 2.38 bits per heavy atom. The van der Waals surface area contributed by atoms with Crippen LogP contribution in [0.5, 0.6) is 0 Å². The molecule has 1 aliphatic heterocycles. The molecular weight excluding hydrogens is 380 g/mol. The Balaban J connectivity index is 2.14. The minimum absolute atomic E-state index is 0.241. The number of hydrogen-bond donors (Lipinski definition) is 0. The number of benzene rings is 2. The highest BCUT2D eigenvalue weighted by Gasteiger charge is 2.67. The molecule has 26 heavy (non-hydrogen) atoms. The molecule has 0 spiro atoms. The number of halogens is 4. The topological polar surface area (TPSA) is 80.3 Å². The highest BCUT2D eigenvalue weighted by molar-refractivity contribution is 7.89. The van der Waals surface area contributed by atoms with Gasteiger partial charge in [-0.05, 0) is 12.1 Å². The Bertz CT molecular complexity index is 999. The fourth-order valence-electron chi connectivity index (χ4n) is 2.78. The van der Waals surface area contributed by atoms with Crippen LogP contribution >= 0.6 is 0 Å². The van der Waals surface area contributed by atoms with Crippen molar-refractivity contribution in [3.8, 4) is 0 Å². The molecule has 1 heterocycles. The van der Waals surface area contributed by atoms with Gasteiger partial charge in [0.15, 0.2) is 16.5 Å². The van der Waals surface area contributed by atoms with Crippen LogP contribution in [0.1, 0.15) is 5.56 Å². The van der Waals surface area contributed by atoms with E-state index in [1.807, 2.05) is 0 Å². The lowest BCUT2D eigenvalue weighted by molar-refractivity contribution is -0.387. The third-order valence-corrected chi connectivity index (χ3v) is 6.07. The fraction of sp³-hybridized carbons (Fsp3) is 0.200. The quantitative estimate of drug-likeness (QED) is 0.340. The van der Waals surface area contributed by atoms with E-state index in [2.05, 4.69) is 0 Å². The number of para-hydroxylation sites is 1. The standard InChI is InChI=1S/C15H10F4N2O4S/c16-10-5-3-4-9(13(10)17)15(14(18)19)8-20(15)26(24,25)12-7-2-1-6-11(12)21(22)23/h1-7,14H,8H2. The minimum Gasteiger partial charge on any atom is -0.258 e. The van der Waals surface area contributed by atoms with E-state index in [1.165, 1.54) is 12.1 Å². The second kappa shape index (κ2) is 6.02. The van der Waals surface area contributed by atoms with E-state index in [0.717, 1.165) is 24.3 Å². The number of nitrogens with zero attached hydrogens (tertiary/aromatic N) is 2. The molecule has 2 atom stereocenters. The molecule has 2 unspecified atom stereocenters. The molecule has 0 aromatic heterocycles. The van der Waals surface area contributed by atoms with E-state index in [0.29, 0.717) is 6.07 Å². The van der Waals surface area contributed by atoms with Gasteiger partial charge in [0, 0.05) is 18.2 Å². The molecule has 1 saturated heterocycles. The van der Waals surface area contributed by atoms with Gasteiger partial charge >= 0.3 is 0 Å². The van der Waals surface area contributed by atoms with E-state index in [-0.39, 0.29) is 4.31 Å². The van der Waals surface area contributed by atoms with Gasteiger partial charge in [0.25, 0.3) is 22.1 Å². The molecule has 3 rings (SSSR count). The summed E-state index contributed by atoms with van der Waals surface area (Å²) in [6.07, 6.45) is -3.38. The average Bonchev–Trinajstić information content (AvgIpc) is 3.35. The first-order valence-corrected chi connectivity index (χ1v) is 8.57. The van der Waals surface area contributed by atoms with Crippen molar-refractivity contribution in [3.63, 3.8) is 0 Å². The van der Waals surface area contributed by atoms with Crippen LogP contribution in [0, 0.1) is 21.7 Å². The maximum Gasteiger partial charge on any atom is 0.289 e. The smallest absolute Gasteiger partial charge is 0.258 e. The van der Waals surface area contributed by atoms with E-state index in [9.17, 15) is 36.1 Å². The monoisotopic (exact) mass is 390 g/mol. The lowest BCUT2D eigenvalue weighted by Crippen LogP contribution is -2.30. The van der Waals surface area contributed by atoms with Crippen LogP contribution in [0.3, 0.4) is 0 Å². The van der Waals surface area contributed by atoms with Crippen molar-refractivity contribution in [2.24, 2.45) is 0 Å². The molecule has 0 radical (unpaired) electrons. The zero-order chi connectivity index (χ0) is 19.3. The van der Waals surface area contributed by atoms with Gasteiger partial charge in [-0.2, -0.15) is 4.31 Å². The Kier molecular flexibility index (Phi) is 4.23. The van der Waals surface area contributed by atoms with Crippen LogP contribution in [0.4, 0.5) is 23.2 Å². The van der Waals surface area contributed by atoms with Crippen molar-refractivity contribution in [2.45, 2.75) is 16.9 Å². The molecule has 11 heteroatoms. The van der Waals surface area contributed by atoms with Crippen LogP contribution < -0.4 is 0 Å². The van der Waals surface area contributed by atoms with Gasteiger partial charge in [-0.25, -0.2) is 26.0 Å². The van der Waals surface area contributed by atoms with Crippen molar-refractivity contribution < 1.29 is 30.9 Å². The number of alkyl halides is 2. The summed E-state index contributed by atoms with van der Waals surface area (Å²) in [5, 5.41) is 11.0. The van der Waals surface area contributed by atoms with Gasteiger partial charge in [-0.1, -0.05) is 24.3 Å². The van der Waals surface area contributed by atoms with Crippen molar-refractivity contribution >= 4 is 15.7 Å². The number of hydrogen-bond acceptors (Lipinski definition) is 4. The van der Waals surface area contributed by atoms with Crippen LogP contribution in [0.25, 0.3) is 0 Å². The molecule has 6 nitrogen and oxygen atoms in total. The molecule has 0 N–H and O–H groups in total. The van der Waals surface area contributed by atoms with E-state index >= 15 is 0 Å². The average molecular weight is 390 g/mol. The molecule has 0 bridgehead atoms. The fourth-order valence-corrected chi connectivity index (χ4v) is 4.65. The first kappa shape index (κ1) is 18.3. The summed E-state index contributed by atoms with van der Waals surface area (Å²) in [7, 11) is -4.75. The SMILES string of the molecule is O=[N+]([O-])c1ccccc1S(=O)(=O)N1CC1(c1cccc(F)c1F)C(F)F. The van der Waals surface area contributed by atoms with Crippen LogP contribution in [-0.2, 0) is 15.6 Å². The van der Waals surface area contributed by atoms with E-state index in [1.54, 1.807) is 0 Å². The van der Waals surface area contributed by atoms with E-state index in [4.69, 9.17) is 0 Å². The summed E-state index contributed by atoms with van der Waals surface area (Å²) in [6.45, 7) is -0.834. The second-order valence-corrected chi connectivity index (χ2v) is 7.39. The molecule has 138 valence electrons. The third kappa shape index (κ3) is 2.54. The largest absolute Gasteiger partial charge is 0.289 e. The van der Waals surface area contributed by atoms with Crippen LogP contribution in [0.2, 0.25) is 0 Å². The third-order valence-electron chi connectivity index (χ3n) is 4.14. The highest BCUT2D eigenvalue weighted by Crippen LogP contribution is 2.52. The zero-order valence-electron chi connectivity index (χ0n) is 12.8. The Hall–Kier alpha value is -2.53. The molecule has 0 amide bonds. The number of sulfonamides is 1. The molecule has 0 saturated carbocycles. The molecule has 0 aliphatic carbocycles. The zero-order valence-corrected chi connectivity index (χ0v) is 13.6. The lowest BCUT2D eigenvalue weighted by atomic mass is 9.99. The molecule has 1 aliphatic rings. The Morgan fingerprint density at radius 2 is 1.77 bits per heavy atom. The van der Waals surface area contributed by atoms with Crippen molar-refractivity contribution in [1.82, 2.24) is 4.31 Å². The number of nitro groups is 1. The summed E-state index contributed by atoms with van der Waals surface area (Å²) < 4.78 is 80.5. The van der Waals surface area contributed by atoms with Crippen molar-refractivity contribution in [2.75, 3.05) is 6.54 Å². The maximum absolute atomic E-state index is 14.0. The molecule has 2 aromatic rings. The Labute approximate surface area is 144 Å². The molecule has 2 aromatic carbocycles.